The van der Waals surface area contributed by atoms with Gasteiger partial charge in [-0.3, -0.25) is 14.9 Å². The summed E-state index contributed by atoms with van der Waals surface area (Å²) in [4.78, 5) is 26.1. The Balaban J connectivity index is 2.33. The second kappa shape index (κ2) is 5.21. The van der Waals surface area contributed by atoms with Crippen LogP contribution in [-0.2, 0) is 0 Å². The predicted octanol–water partition coefficient (Wildman–Crippen LogP) is 2.02. The Kier molecular flexibility index (Phi) is 3.74. The summed E-state index contributed by atoms with van der Waals surface area (Å²) in [5, 5.41) is 19.0. The van der Waals surface area contributed by atoms with Crippen LogP contribution in [0.4, 0.5) is 14.5 Å². The molecule has 0 aliphatic carbocycles. The minimum absolute atomic E-state index is 0.332. The number of carbonyl (C=O) groups is 1. The molecule has 0 N–H and O–H groups in total. The number of pyridine rings is 1. The Hall–Kier alpha value is -2.34. The van der Waals surface area contributed by atoms with Crippen molar-refractivity contribution in [2.75, 3.05) is 6.54 Å². The number of hydrogen-bond acceptors (Lipinski definition) is 5. The van der Waals surface area contributed by atoms with E-state index in [2.05, 4.69) is 4.98 Å². The largest absolute Gasteiger partial charge is 0.315 e. The van der Waals surface area contributed by atoms with Crippen molar-refractivity contribution < 1.29 is 18.5 Å². The molecule has 7 nitrogen and oxygen atoms in total. The van der Waals surface area contributed by atoms with Crippen LogP contribution < -0.4 is 0 Å². The number of amides is 1. The molecule has 21 heavy (non-hydrogen) atoms. The molecule has 1 amide bonds. The van der Waals surface area contributed by atoms with E-state index in [0.29, 0.717) is 4.90 Å². The maximum atomic E-state index is 13.3. The smallest absolute Gasteiger partial charge is 0.289 e. The average Bonchev–Trinajstić information content (AvgIpc) is 2.73. The van der Waals surface area contributed by atoms with Crippen LogP contribution in [0.3, 0.4) is 0 Å². The van der Waals surface area contributed by atoms with Crippen LogP contribution >= 0.6 is 11.6 Å². The van der Waals surface area contributed by atoms with Gasteiger partial charge in [0.05, 0.1) is 22.6 Å². The standard InChI is InChI=1S/C11H7ClF2N4O3/c12-8-1-6(18(20)21)4-16-9(8)10(19)17-5-11(13,14)2-7(17)3-15/h1,4,7H,2,5H2/t7-/m0/s1. The number of nitrogens with zero attached hydrogens (tertiary/aromatic N) is 4. The highest BCUT2D eigenvalue weighted by Crippen LogP contribution is 2.33. The van der Waals surface area contributed by atoms with Gasteiger partial charge in [-0.1, -0.05) is 11.6 Å². The first-order valence-corrected chi connectivity index (χ1v) is 6.01. The van der Waals surface area contributed by atoms with E-state index in [0.717, 1.165) is 12.3 Å². The molecular formula is C11H7ClF2N4O3. The van der Waals surface area contributed by atoms with Crippen LogP contribution in [0.15, 0.2) is 12.3 Å². The Morgan fingerprint density at radius 3 is 2.86 bits per heavy atom. The summed E-state index contributed by atoms with van der Waals surface area (Å²) >= 11 is 5.72. The summed E-state index contributed by atoms with van der Waals surface area (Å²) in [5.74, 6) is -4.12. The highest BCUT2D eigenvalue weighted by atomic mass is 35.5. The Morgan fingerprint density at radius 1 is 1.67 bits per heavy atom. The zero-order valence-corrected chi connectivity index (χ0v) is 11.0. The van der Waals surface area contributed by atoms with Crippen LogP contribution in [0.25, 0.3) is 0 Å². The van der Waals surface area contributed by atoms with Gasteiger partial charge in [-0.05, 0) is 0 Å². The fourth-order valence-electron chi connectivity index (χ4n) is 1.97. The second-order valence-corrected chi connectivity index (χ2v) is 4.83. The summed E-state index contributed by atoms with van der Waals surface area (Å²) in [5.41, 5.74) is -0.833. The van der Waals surface area contributed by atoms with Gasteiger partial charge in [0, 0.05) is 12.5 Å². The van der Waals surface area contributed by atoms with Crippen molar-refractivity contribution >= 4 is 23.2 Å². The number of hydrogen-bond donors (Lipinski definition) is 0. The van der Waals surface area contributed by atoms with E-state index in [-0.39, 0.29) is 5.02 Å². The summed E-state index contributed by atoms with van der Waals surface area (Å²) in [7, 11) is 0. The van der Waals surface area contributed by atoms with Gasteiger partial charge in [0.15, 0.2) is 0 Å². The van der Waals surface area contributed by atoms with Crippen molar-refractivity contribution in [1.82, 2.24) is 9.88 Å². The van der Waals surface area contributed by atoms with Crippen LogP contribution in [0.2, 0.25) is 5.02 Å². The first kappa shape index (κ1) is 15.1. The summed E-state index contributed by atoms with van der Waals surface area (Å²) in [6, 6.07) is 1.22. The van der Waals surface area contributed by atoms with E-state index in [9.17, 15) is 23.7 Å². The molecule has 0 radical (unpaired) electrons. The molecule has 2 heterocycles. The van der Waals surface area contributed by atoms with E-state index in [1.54, 1.807) is 6.07 Å². The number of rotatable bonds is 2. The fraction of sp³-hybridized carbons (Fsp3) is 0.364. The maximum Gasteiger partial charge on any atom is 0.289 e. The predicted molar refractivity (Wildman–Crippen MR) is 65.9 cm³/mol. The number of aromatic nitrogens is 1. The minimum atomic E-state index is -3.16. The Labute approximate surface area is 121 Å². The minimum Gasteiger partial charge on any atom is -0.315 e. The molecule has 1 aromatic rings. The number of nitro groups is 1. The van der Waals surface area contributed by atoms with E-state index in [1.807, 2.05) is 0 Å². The van der Waals surface area contributed by atoms with Crippen molar-refractivity contribution in [2.45, 2.75) is 18.4 Å². The number of likely N-dealkylation sites (tertiary alicyclic amines) is 1. The van der Waals surface area contributed by atoms with Crippen LogP contribution in [0.5, 0.6) is 0 Å². The lowest BCUT2D eigenvalue weighted by Gasteiger charge is -2.18. The van der Waals surface area contributed by atoms with E-state index in [1.165, 1.54) is 0 Å². The zero-order valence-electron chi connectivity index (χ0n) is 10.3. The second-order valence-electron chi connectivity index (χ2n) is 4.42. The summed E-state index contributed by atoms with van der Waals surface area (Å²) in [6.45, 7) is -0.918. The molecule has 0 saturated carbocycles. The zero-order chi connectivity index (χ0) is 15.8. The molecule has 0 unspecified atom stereocenters. The number of carbonyl (C=O) groups excluding carboxylic acids is 1. The Morgan fingerprint density at radius 2 is 2.33 bits per heavy atom. The third-order valence-electron chi connectivity index (χ3n) is 2.92. The molecule has 2 rings (SSSR count). The molecule has 1 aromatic heterocycles. The summed E-state index contributed by atoms with van der Waals surface area (Å²) in [6.07, 6.45) is 0.0363. The van der Waals surface area contributed by atoms with Gasteiger partial charge in [-0.15, -0.1) is 0 Å². The summed E-state index contributed by atoms with van der Waals surface area (Å²) < 4.78 is 26.6. The lowest BCUT2D eigenvalue weighted by atomic mass is 10.2. The third-order valence-corrected chi connectivity index (χ3v) is 3.21. The normalized spacial score (nSPS) is 20.1. The molecule has 10 heteroatoms. The van der Waals surface area contributed by atoms with Gasteiger partial charge in [0.25, 0.3) is 17.5 Å². The van der Waals surface area contributed by atoms with Gasteiger partial charge in [-0.25, -0.2) is 13.8 Å². The number of nitriles is 1. The average molecular weight is 317 g/mol. The molecule has 1 aliphatic rings. The Bertz CT molecular complexity index is 661. The van der Waals surface area contributed by atoms with Crippen LogP contribution in [0, 0.1) is 21.4 Å². The van der Waals surface area contributed by atoms with Gasteiger partial charge in [0.2, 0.25) is 0 Å². The van der Waals surface area contributed by atoms with Crippen molar-refractivity contribution in [3.8, 4) is 6.07 Å². The molecule has 0 aromatic carbocycles. The van der Waals surface area contributed by atoms with Crippen molar-refractivity contribution in [2.24, 2.45) is 0 Å². The fourth-order valence-corrected chi connectivity index (χ4v) is 2.21. The molecule has 0 bridgehead atoms. The van der Waals surface area contributed by atoms with E-state index in [4.69, 9.17) is 16.9 Å². The van der Waals surface area contributed by atoms with Crippen molar-refractivity contribution in [3.63, 3.8) is 0 Å². The van der Waals surface area contributed by atoms with Crippen LogP contribution in [-0.4, -0.2) is 39.2 Å². The topological polar surface area (TPSA) is 100 Å². The highest BCUT2D eigenvalue weighted by Gasteiger charge is 2.48. The molecule has 1 fully saturated rings. The number of alkyl halides is 2. The molecule has 1 atom stereocenters. The highest BCUT2D eigenvalue weighted by molar-refractivity contribution is 6.33. The quantitative estimate of drug-likeness (QED) is 0.613. The van der Waals surface area contributed by atoms with Gasteiger partial charge in [-0.2, -0.15) is 5.26 Å². The van der Waals surface area contributed by atoms with Gasteiger partial charge >= 0.3 is 0 Å². The van der Waals surface area contributed by atoms with E-state index < -0.39 is 47.1 Å². The lowest BCUT2D eigenvalue weighted by molar-refractivity contribution is -0.385. The maximum absolute atomic E-state index is 13.3. The van der Waals surface area contributed by atoms with E-state index >= 15 is 0 Å². The molecular weight excluding hydrogens is 310 g/mol. The number of halogens is 3. The molecule has 1 aliphatic heterocycles. The van der Waals surface area contributed by atoms with Gasteiger partial charge < -0.3 is 4.90 Å². The molecule has 110 valence electrons. The monoisotopic (exact) mass is 316 g/mol. The third kappa shape index (κ3) is 2.90. The van der Waals surface area contributed by atoms with Crippen molar-refractivity contribution in [3.05, 3.63) is 33.1 Å². The molecule has 1 saturated heterocycles. The van der Waals surface area contributed by atoms with Gasteiger partial charge in [0.1, 0.15) is 17.9 Å². The van der Waals surface area contributed by atoms with Crippen molar-refractivity contribution in [1.29, 1.82) is 5.26 Å². The first-order chi connectivity index (χ1) is 9.75. The molecule has 0 spiro atoms. The first-order valence-electron chi connectivity index (χ1n) is 5.63. The SMILES string of the molecule is N#C[C@@H]1CC(F)(F)CN1C(=O)c1ncc([N+](=O)[O-])cc1Cl. The van der Waals surface area contributed by atoms with Crippen LogP contribution in [0.1, 0.15) is 16.9 Å². The lowest BCUT2D eigenvalue weighted by Crippen LogP contribution is -2.36.